The lowest BCUT2D eigenvalue weighted by Gasteiger charge is -2.28. The quantitative estimate of drug-likeness (QED) is 0.814. The van der Waals surface area contributed by atoms with E-state index < -0.39 is 0 Å². The molecule has 0 atom stereocenters. The summed E-state index contributed by atoms with van der Waals surface area (Å²) in [5.41, 5.74) is 1.000. The van der Waals surface area contributed by atoms with E-state index in [1.807, 2.05) is 35.2 Å². The number of carbonyl (C=O) groups excluding carboxylic acids is 1. The zero-order chi connectivity index (χ0) is 12.8. The Morgan fingerprint density at radius 3 is 2.61 bits per heavy atom. The van der Waals surface area contributed by atoms with Crippen LogP contribution in [0.1, 0.15) is 18.4 Å². The average Bonchev–Trinajstić information content (AvgIpc) is 2.40. The molecule has 98 valence electrons. The van der Waals surface area contributed by atoms with E-state index in [-0.39, 0.29) is 12.1 Å². The van der Waals surface area contributed by atoms with Crippen molar-refractivity contribution in [2.24, 2.45) is 0 Å². The predicted octanol–water partition coefficient (Wildman–Crippen LogP) is 1.19. The number of piperidine rings is 1. The molecule has 0 amide bonds. The first kappa shape index (κ1) is 13.1. The van der Waals surface area contributed by atoms with Gasteiger partial charge in [0, 0.05) is 13.1 Å². The predicted molar refractivity (Wildman–Crippen MR) is 67.9 cm³/mol. The summed E-state index contributed by atoms with van der Waals surface area (Å²) in [7, 11) is 0. The van der Waals surface area contributed by atoms with Crippen LogP contribution in [0, 0.1) is 0 Å². The first-order chi connectivity index (χ1) is 8.74. The summed E-state index contributed by atoms with van der Waals surface area (Å²) >= 11 is 0. The number of hydrogen-bond acceptors (Lipinski definition) is 4. The molecule has 1 heterocycles. The maximum absolute atomic E-state index is 11.6. The zero-order valence-corrected chi connectivity index (χ0v) is 10.4. The van der Waals surface area contributed by atoms with Crippen LogP contribution in [0.4, 0.5) is 0 Å². The number of carbonyl (C=O) groups is 1. The minimum Gasteiger partial charge on any atom is -0.460 e. The highest BCUT2D eigenvalue weighted by atomic mass is 16.5. The molecule has 1 aromatic carbocycles. The molecule has 0 aromatic heterocycles. The molecular weight excluding hydrogens is 230 g/mol. The lowest BCUT2D eigenvalue weighted by molar-refractivity contribution is -0.146. The van der Waals surface area contributed by atoms with Gasteiger partial charge in [0.2, 0.25) is 0 Å². The molecule has 18 heavy (non-hydrogen) atoms. The van der Waals surface area contributed by atoms with E-state index in [2.05, 4.69) is 0 Å². The first-order valence-corrected chi connectivity index (χ1v) is 6.34. The van der Waals surface area contributed by atoms with Gasteiger partial charge in [0.25, 0.3) is 0 Å². The van der Waals surface area contributed by atoms with Crippen molar-refractivity contribution in [1.29, 1.82) is 0 Å². The maximum atomic E-state index is 11.6. The second-order valence-electron chi connectivity index (χ2n) is 4.65. The van der Waals surface area contributed by atoms with Crippen molar-refractivity contribution >= 4 is 5.97 Å². The van der Waals surface area contributed by atoms with Crippen LogP contribution in [0.2, 0.25) is 0 Å². The summed E-state index contributed by atoms with van der Waals surface area (Å²) < 4.78 is 5.21. The Labute approximate surface area is 107 Å². The first-order valence-electron chi connectivity index (χ1n) is 6.34. The van der Waals surface area contributed by atoms with Gasteiger partial charge in [-0.1, -0.05) is 30.3 Å². The van der Waals surface area contributed by atoms with Crippen molar-refractivity contribution in [3.05, 3.63) is 35.9 Å². The number of nitrogens with zero attached hydrogens (tertiary/aromatic N) is 1. The smallest absolute Gasteiger partial charge is 0.320 e. The maximum Gasteiger partial charge on any atom is 0.320 e. The second kappa shape index (κ2) is 6.52. The Morgan fingerprint density at radius 2 is 1.94 bits per heavy atom. The number of rotatable bonds is 4. The Balaban J connectivity index is 1.69. The van der Waals surface area contributed by atoms with Gasteiger partial charge in [0.05, 0.1) is 12.6 Å². The molecule has 0 spiro atoms. The van der Waals surface area contributed by atoms with Crippen LogP contribution in [0.25, 0.3) is 0 Å². The number of ether oxygens (including phenoxy) is 1. The van der Waals surface area contributed by atoms with E-state index in [9.17, 15) is 9.90 Å². The van der Waals surface area contributed by atoms with Crippen LogP contribution < -0.4 is 0 Å². The summed E-state index contributed by atoms with van der Waals surface area (Å²) in [5.74, 6) is -0.199. The van der Waals surface area contributed by atoms with Crippen LogP contribution in [0.5, 0.6) is 0 Å². The minimum atomic E-state index is -0.207. The molecule has 0 saturated carbocycles. The van der Waals surface area contributed by atoms with Crippen LogP contribution >= 0.6 is 0 Å². The SMILES string of the molecule is O=C(CN1CCC(O)CC1)OCc1ccccc1. The number of hydrogen-bond donors (Lipinski definition) is 1. The van der Waals surface area contributed by atoms with Crippen molar-refractivity contribution in [2.75, 3.05) is 19.6 Å². The van der Waals surface area contributed by atoms with Crippen LogP contribution in [-0.4, -0.2) is 41.7 Å². The summed E-state index contributed by atoms with van der Waals surface area (Å²) in [4.78, 5) is 13.7. The van der Waals surface area contributed by atoms with Crippen molar-refractivity contribution < 1.29 is 14.6 Å². The molecule has 2 rings (SSSR count). The summed E-state index contributed by atoms with van der Waals surface area (Å²) in [5, 5.41) is 9.37. The standard InChI is InChI=1S/C14H19NO3/c16-13-6-8-15(9-7-13)10-14(17)18-11-12-4-2-1-3-5-12/h1-5,13,16H,6-11H2. The molecule has 4 nitrogen and oxygen atoms in total. The van der Waals surface area contributed by atoms with Gasteiger partial charge in [-0.2, -0.15) is 0 Å². The topological polar surface area (TPSA) is 49.8 Å². The van der Waals surface area contributed by atoms with Gasteiger partial charge in [-0.05, 0) is 18.4 Å². The Morgan fingerprint density at radius 1 is 1.28 bits per heavy atom. The van der Waals surface area contributed by atoms with Gasteiger partial charge >= 0.3 is 5.97 Å². The number of aliphatic hydroxyl groups is 1. The molecule has 1 fully saturated rings. The van der Waals surface area contributed by atoms with Crippen LogP contribution in [0.3, 0.4) is 0 Å². The van der Waals surface area contributed by atoms with Gasteiger partial charge < -0.3 is 9.84 Å². The fraction of sp³-hybridized carbons (Fsp3) is 0.500. The van der Waals surface area contributed by atoms with Gasteiger partial charge in [-0.15, -0.1) is 0 Å². The molecule has 1 aromatic rings. The number of aliphatic hydroxyl groups excluding tert-OH is 1. The summed E-state index contributed by atoms with van der Waals surface area (Å²) in [6.07, 6.45) is 1.28. The Hall–Kier alpha value is -1.39. The third kappa shape index (κ3) is 4.13. The van der Waals surface area contributed by atoms with E-state index >= 15 is 0 Å². The van der Waals surface area contributed by atoms with Crippen molar-refractivity contribution in [3.8, 4) is 0 Å². The van der Waals surface area contributed by atoms with Crippen LogP contribution in [0.15, 0.2) is 30.3 Å². The summed E-state index contributed by atoms with van der Waals surface area (Å²) in [6, 6.07) is 9.66. The number of esters is 1. The fourth-order valence-electron chi connectivity index (χ4n) is 2.04. The highest BCUT2D eigenvalue weighted by Crippen LogP contribution is 2.09. The molecule has 1 saturated heterocycles. The highest BCUT2D eigenvalue weighted by Gasteiger charge is 2.19. The van der Waals surface area contributed by atoms with E-state index in [1.165, 1.54) is 0 Å². The molecule has 0 unspecified atom stereocenters. The molecule has 1 N–H and O–H groups in total. The lowest BCUT2D eigenvalue weighted by atomic mass is 10.1. The highest BCUT2D eigenvalue weighted by molar-refractivity contribution is 5.71. The van der Waals surface area contributed by atoms with E-state index in [0.29, 0.717) is 13.2 Å². The molecule has 4 heteroatoms. The molecule has 1 aliphatic heterocycles. The van der Waals surface area contributed by atoms with Crippen molar-refractivity contribution in [3.63, 3.8) is 0 Å². The Kier molecular flexibility index (Phi) is 4.73. The average molecular weight is 249 g/mol. The summed E-state index contributed by atoms with van der Waals surface area (Å²) in [6.45, 7) is 2.18. The van der Waals surface area contributed by atoms with Gasteiger partial charge in [-0.25, -0.2) is 0 Å². The van der Waals surface area contributed by atoms with Gasteiger partial charge in [-0.3, -0.25) is 9.69 Å². The molecular formula is C14H19NO3. The number of likely N-dealkylation sites (tertiary alicyclic amines) is 1. The monoisotopic (exact) mass is 249 g/mol. The van der Waals surface area contributed by atoms with Crippen molar-refractivity contribution in [1.82, 2.24) is 4.90 Å². The zero-order valence-electron chi connectivity index (χ0n) is 10.4. The minimum absolute atomic E-state index is 0.199. The molecule has 0 radical (unpaired) electrons. The third-order valence-electron chi connectivity index (χ3n) is 3.15. The normalized spacial score (nSPS) is 17.6. The van der Waals surface area contributed by atoms with E-state index in [4.69, 9.17) is 4.74 Å². The largest absolute Gasteiger partial charge is 0.460 e. The van der Waals surface area contributed by atoms with Gasteiger partial charge in [0.1, 0.15) is 6.61 Å². The lowest BCUT2D eigenvalue weighted by Crippen LogP contribution is -2.39. The van der Waals surface area contributed by atoms with Gasteiger partial charge in [0.15, 0.2) is 0 Å². The molecule has 1 aliphatic rings. The molecule has 0 aliphatic carbocycles. The Bertz CT molecular complexity index is 372. The molecule has 0 bridgehead atoms. The van der Waals surface area contributed by atoms with Crippen LogP contribution in [-0.2, 0) is 16.1 Å². The third-order valence-corrected chi connectivity index (χ3v) is 3.15. The van der Waals surface area contributed by atoms with Crippen molar-refractivity contribution in [2.45, 2.75) is 25.6 Å². The second-order valence-corrected chi connectivity index (χ2v) is 4.65. The van der Waals surface area contributed by atoms with E-state index in [1.54, 1.807) is 0 Å². The van der Waals surface area contributed by atoms with E-state index in [0.717, 1.165) is 31.5 Å². The number of benzene rings is 1. The fourth-order valence-corrected chi connectivity index (χ4v) is 2.04.